The Hall–Kier alpha value is -3.14. The molecule has 1 aromatic heterocycles. The number of hydrogen-bond acceptors (Lipinski definition) is 4. The smallest absolute Gasteiger partial charge is 0.198 e. The van der Waals surface area contributed by atoms with Crippen molar-refractivity contribution in [2.45, 2.75) is 6.92 Å². The fourth-order valence-corrected chi connectivity index (χ4v) is 2.17. The monoisotopic (exact) mass is 304 g/mol. The maximum Gasteiger partial charge on any atom is 0.198 e. The third kappa shape index (κ3) is 3.55. The van der Waals surface area contributed by atoms with Crippen LogP contribution in [0.5, 0.6) is 0 Å². The van der Waals surface area contributed by atoms with Crippen molar-refractivity contribution in [1.29, 1.82) is 0 Å². The molecule has 0 aliphatic heterocycles. The van der Waals surface area contributed by atoms with Gasteiger partial charge in [-0.25, -0.2) is 0 Å². The van der Waals surface area contributed by atoms with E-state index in [0.717, 1.165) is 11.4 Å². The summed E-state index contributed by atoms with van der Waals surface area (Å²) in [7, 11) is 0. The molecule has 3 aromatic rings. The number of anilines is 1. The van der Waals surface area contributed by atoms with Crippen LogP contribution in [0.2, 0.25) is 0 Å². The van der Waals surface area contributed by atoms with Crippen molar-refractivity contribution in [3.8, 4) is 0 Å². The van der Waals surface area contributed by atoms with Crippen LogP contribution in [0.1, 0.15) is 21.8 Å². The van der Waals surface area contributed by atoms with Crippen LogP contribution in [-0.4, -0.2) is 10.9 Å². The summed E-state index contributed by atoms with van der Waals surface area (Å²) in [6.45, 7) is 1.82. The first-order chi connectivity index (χ1) is 11.2. The van der Waals surface area contributed by atoms with Crippen molar-refractivity contribution in [2.75, 3.05) is 5.32 Å². The number of hydrogen-bond donors (Lipinski definition) is 1. The standard InChI is InChI=1S/C19H16N2O2/c1-14-12-18(23-21-14)17(13-20-16-10-6-3-7-11-16)19(22)15-8-4-2-5-9-15/h2-13,20H,1H3. The summed E-state index contributed by atoms with van der Waals surface area (Å²) in [6.07, 6.45) is 1.66. The summed E-state index contributed by atoms with van der Waals surface area (Å²) in [5.41, 5.74) is 2.65. The first-order valence-electron chi connectivity index (χ1n) is 7.29. The minimum atomic E-state index is -0.120. The van der Waals surface area contributed by atoms with Crippen molar-refractivity contribution in [3.05, 3.63) is 89.9 Å². The average Bonchev–Trinajstić information content (AvgIpc) is 3.03. The highest BCUT2D eigenvalue weighted by Crippen LogP contribution is 2.21. The normalized spacial score (nSPS) is 11.3. The van der Waals surface area contributed by atoms with Gasteiger partial charge in [0, 0.05) is 23.5 Å². The summed E-state index contributed by atoms with van der Waals surface area (Å²) in [5.74, 6) is 0.324. The van der Waals surface area contributed by atoms with E-state index in [-0.39, 0.29) is 5.78 Å². The van der Waals surface area contributed by atoms with Crippen LogP contribution in [0.25, 0.3) is 5.57 Å². The minimum absolute atomic E-state index is 0.120. The van der Waals surface area contributed by atoms with Gasteiger partial charge in [0.2, 0.25) is 0 Å². The lowest BCUT2D eigenvalue weighted by molar-refractivity contribution is 0.105. The van der Waals surface area contributed by atoms with Gasteiger partial charge >= 0.3 is 0 Å². The Morgan fingerprint density at radius 3 is 2.30 bits per heavy atom. The number of nitrogens with one attached hydrogen (secondary N) is 1. The molecule has 0 aliphatic rings. The van der Waals surface area contributed by atoms with Gasteiger partial charge in [0.1, 0.15) is 0 Å². The van der Waals surface area contributed by atoms with Crippen molar-refractivity contribution >= 4 is 17.0 Å². The number of benzene rings is 2. The number of aromatic nitrogens is 1. The first kappa shape index (κ1) is 14.8. The van der Waals surface area contributed by atoms with Gasteiger partial charge in [0.25, 0.3) is 0 Å². The van der Waals surface area contributed by atoms with Gasteiger partial charge in [0.05, 0.1) is 11.3 Å². The van der Waals surface area contributed by atoms with Crippen molar-refractivity contribution in [3.63, 3.8) is 0 Å². The lowest BCUT2D eigenvalue weighted by Gasteiger charge is -2.05. The number of aryl methyl sites for hydroxylation is 1. The largest absolute Gasteiger partial charge is 0.361 e. The zero-order valence-corrected chi connectivity index (χ0v) is 12.7. The molecular formula is C19H16N2O2. The lowest BCUT2D eigenvalue weighted by Crippen LogP contribution is -2.04. The number of carbonyl (C=O) groups excluding carboxylic acids is 1. The van der Waals surface area contributed by atoms with Gasteiger partial charge < -0.3 is 9.84 Å². The Morgan fingerprint density at radius 2 is 1.70 bits per heavy atom. The highest BCUT2D eigenvalue weighted by Gasteiger charge is 2.18. The molecule has 1 N–H and O–H groups in total. The molecule has 1 heterocycles. The molecule has 4 heteroatoms. The molecule has 0 bridgehead atoms. The molecule has 0 atom stereocenters. The molecule has 23 heavy (non-hydrogen) atoms. The predicted octanol–water partition coefficient (Wildman–Crippen LogP) is 4.32. The second-order valence-electron chi connectivity index (χ2n) is 5.10. The van der Waals surface area contributed by atoms with Crippen molar-refractivity contribution < 1.29 is 9.32 Å². The number of ketones is 1. The Kier molecular flexibility index (Phi) is 4.34. The molecule has 0 spiro atoms. The first-order valence-corrected chi connectivity index (χ1v) is 7.29. The molecule has 0 aliphatic carbocycles. The van der Waals surface area contributed by atoms with Gasteiger partial charge in [0.15, 0.2) is 11.5 Å². The molecule has 4 nitrogen and oxygen atoms in total. The van der Waals surface area contributed by atoms with Crippen LogP contribution in [0.4, 0.5) is 5.69 Å². The van der Waals surface area contributed by atoms with E-state index in [0.29, 0.717) is 16.9 Å². The summed E-state index contributed by atoms with van der Waals surface area (Å²) >= 11 is 0. The Bertz CT molecular complexity index is 821. The SMILES string of the molecule is Cc1cc(C(=CNc2ccccc2)C(=O)c2ccccc2)on1. The van der Waals surface area contributed by atoms with E-state index in [2.05, 4.69) is 10.5 Å². The molecule has 0 saturated carbocycles. The van der Waals surface area contributed by atoms with E-state index < -0.39 is 0 Å². The number of nitrogens with zero attached hydrogens (tertiary/aromatic N) is 1. The van der Waals surface area contributed by atoms with E-state index in [1.54, 1.807) is 24.4 Å². The van der Waals surface area contributed by atoms with Crippen molar-refractivity contribution in [2.24, 2.45) is 0 Å². The van der Waals surface area contributed by atoms with E-state index in [1.807, 2.05) is 55.5 Å². The fraction of sp³-hybridized carbons (Fsp3) is 0.0526. The van der Waals surface area contributed by atoms with Crippen LogP contribution in [0, 0.1) is 6.92 Å². The predicted molar refractivity (Wildman–Crippen MR) is 90.1 cm³/mol. The van der Waals surface area contributed by atoms with Gasteiger partial charge in [-0.3, -0.25) is 4.79 Å². The second kappa shape index (κ2) is 6.75. The molecule has 0 saturated heterocycles. The zero-order valence-electron chi connectivity index (χ0n) is 12.7. The van der Waals surface area contributed by atoms with Gasteiger partial charge in [-0.05, 0) is 19.1 Å². The Labute approximate surface area is 134 Å². The quantitative estimate of drug-likeness (QED) is 0.563. The topological polar surface area (TPSA) is 55.1 Å². The highest BCUT2D eigenvalue weighted by molar-refractivity contribution is 6.28. The minimum Gasteiger partial charge on any atom is -0.361 e. The Morgan fingerprint density at radius 1 is 1.04 bits per heavy atom. The molecular weight excluding hydrogens is 288 g/mol. The number of rotatable bonds is 5. The molecule has 0 fully saturated rings. The third-order valence-corrected chi connectivity index (χ3v) is 3.33. The number of para-hydroxylation sites is 1. The van der Waals surface area contributed by atoms with E-state index in [9.17, 15) is 4.79 Å². The molecule has 2 aromatic carbocycles. The molecule has 0 amide bonds. The van der Waals surface area contributed by atoms with Gasteiger partial charge in [-0.2, -0.15) is 0 Å². The maximum absolute atomic E-state index is 12.8. The Balaban J connectivity index is 1.95. The molecule has 3 rings (SSSR count). The lowest BCUT2D eigenvalue weighted by atomic mass is 10.0. The van der Waals surface area contributed by atoms with E-state index >= 15 is 0 Å². The van der Waals surface area contributed by atoms with Gasteiger partial charge in [-0.15, -0.1) is 0 Å². The summed E-state index contributed by atoms with van der Waals surface area (Å²) in [6, 6.07) is 20.5. The second-order valence-corrected chi connectivity index (χ2v) is 5.10. The number of carbonyl (C=O) groups is 1. The summed E-state index contributed by atoms with van der Waals surface area (Å²) in [5, 5.41) is 7.01. The zero-order chi connectivity index (χ0) is 16.1. The highest BCUT2D eigenvalue weighted by atomic mass is 16.5. The van der Waals surface area contributed by atoms with Crippen LogP contribution in [0.15, 0.2) is 77.5 Å². The van der Waals surface area contributed by atoms with Crippen LogP contribution < -0.4 is 5.32 Å². The average molecular weight is 304 g/mol. The van der Waals surface area contributed by atoms with Crippen LogP contribution >= 0.6 is 0 Å². The maximum atomic E-state index is 12.8. The number of allylic oxidation sites excluding steroid dienone is 1. The molecule has 0 unspecified atom stereocenters. The van der Waals surface area contributed by atoms with Crippen LogP contribution in [0.3, 0.4) is 0 Å². The van der Waals surface area contributed by atoms with E-state index in [1.165, 1.54) is 0 Å². The van der Waals surface area contributed by atoms with Crippen molar-refractivity contribution in [1.82, 2.24) is 5.16 Å². The molecule has 114 valence electrons. The van der Waals surface area contributed by atoms with E-state index in [4.69, 9.17) is 4.52 Å². The third-order valence-electron chi connectivity index (χ3n) is 3.33. The summed E-state index contributed by atoms with van der Waals surface area (Å²) < 4.78 is 5.28. The summed E-state index contributed by atoms with van der Waals surface area (Å²) in [4.78, 5) is 12.8. The fourth-order valence-electron chi connectivity index (χ4n) is 2.17. The molecule has 0 radical (unpaired) electrons. The van der Waals surface area contributed by atoms with Crippen LogP contribution in [-0.2, 0) is 0 Å². The number of Topliss-reactive ketones (excluding diaryl/α,β-unsaturated/α-hetero) is 1. The van der Waals surface area contributed by atoms with Gasteiger partial charge in [-0.1, -0.05) is 53.7 Å².